The third-order valence-electron chi connectivity index (χ3n) is 3.79. The fourth-order valence-electron chi connectivity index (χ4n) is 2.56. The van der Waals surface area contributed by atoms with Gasteiger partial charge < -0.3 is 5.32 Å². The lowest BCUT2D eigenvalue weighted by Gasteiger charge is -2.10. The lowest BCUT2D eigenvalue weighted by Crippen LogP contribution is -2.23. The molecule has 0 radical (unpaired) electrons. The molecule has 0 aliphatic carbocycles. The lowest BCUT2D eigenvalue weighted by atomic mass is 9.99. The summed E-state index contributed by atoms with van der Waals surface area (Å²) in [6.45, 7) is 0.587. The van der Waals surface area contributed by atoms with Gasteiger partial charge in [0.25, 0.3) is 5.91 Å². The number of hydrogen-bond donors (Lipinski definition) is 1. The number of thiophene rings is 1. The maximum absolute atomic E-state index is 12.5. The highest BCUT2D eigenvalue weighted by Gasteiger charge is 2.10. The van der Waals surface area contributed by atoms with Gasteiger partial charge in [0.05, 0.1) is 6.54 Å². The van der Waals surface area contributed by atoms with Gasteiger partial charge in [0.1, 0.15) is 0 Å². The third kappa shape index (κ3) is 4.30. The zero-order valence-electron chi connectivity index (χ0n) is 12.9. The van der Waals surface area contributed by atoms with Gasteiger partial charge in [-0.25, -0.2) is 0 Å². The Labute approximate surface area is 140 Å². The SMILES string of the molecule is O=C(NCc1cccs1)c1ccccc1CCc1ccccc1. The van der Waals surface area contributed by atoms with E-state index < -0.39 is 0 Å². The summed E-state index contributed by atoms with van der Waals surface area (Å²) >= 11 is 1.66. The van der Waals surface area contributed by atoms with Crippen LogP contribution in [0.5, 0.6) is 0 Å². The first-order valence-corrected chi connectivity index (χ1v) is 8.63. The van der Waals surface area contributed by atoms with Crippen molar-refractivity contribution in [2.24, 2.45) is 0 Å². The van der Waals surface area contributed by atoms with E-state index in [-0.39, 0.29) is 5.91 Å². The van der Waals surface area contributed by atoms with Crippen molar-refractivity contribution in [3.8, 4) is 0 Å². The average molecular weight is 321 g/mol. The first kappa shape index (κ1) is 15.5. The van der Waals surface area contributed by atoms with Crippen molar-refractivity contribution in [2.75, 3.05) is 0 Å². The topological polar surface area (TPSA) is 29.1 Å². The van der Waals surface area contributed by atoms with Gasteiger partial charge in [0.2, 0.25) is 0 Å². The molecule has 0 saturated carbocycles. The standard InChI is InChI=1S/C20H19NOS/c22-20(21-15-18-10-6-14-23-18)19-11-5-4-9-17(19)13-12-16-7-2-1-3-8-16/h1-11,14H,12-13,15H2,(H,21,22). The van der Waals surface area contributed by atoms with Crippen LogP contribution in [0.15, 0.2) is 72.1 Å². The minimum absolute atomic E-state index is 0.00191. The van der Waals surface area contributed by atoms with Crippen molar-refractivity contribution < 1.29 is 4.79 Å². The molecule has 0 fully saturated rings. The fourth-order valence-corrected chi connectivity index (χ4v) is 3.20. The van der Waals surface area contributed by atoms with Crippen molar-refractivity contribution >= 4 is 17.2 Å². The summed E-state index contributed by atoms with van der Waals surface area (Å²) in [6, 6.07) is 22.3. The number of nitrogens with one attached hydrogen (secondary N) is 1. The van der Waals surface area contributed by atoms with Gasteiger partial charge in [-0.2, -0.15) is 0 Å². The molecular weight excluding hydrogens is 302 g/mol. The molecule has 2 aromatic carbocycles. The summed E-state index contributed by atoms with van der Waals surface area (Å²) in [7, 11) is 0. The van der Waals surface area contributed by atoms with E-state index in [9.17, 15) is 4.79 Å². The van der Waals surface area contributed by atoms with Crippen LogP contribution >= 0.6 is 11.3 Å². The van der Waals surface area contributed by atoms with E-state index in [0.717, 1.165) is 24.0 Å². The molecule has 116 valence electrons. The van der Waals surface area contributed by atoms with E-state index in [1.54, 1.807) is 11.3 Å². The van der Waals surface area contributed by atoms with Gasteiger partial charge in [-0.3, -0.25) is 4.79 Å². The number of benzene rings is 2. The molecule has 1 N–H and O–H groups in total. The zero-order valence-corrected chi connectivity index (χ0v) is 13.7. The monoisotopic (exact) mass is 321 g/mol. The molecule has 0 aliphatic rings. The van der Waals surface area contributed by atoms with Gasteiger partial charge in [-0.05, 0) is 41.5 Å². The molecule has 3 heteroatoms. The summed E-state index contributed by atoms with van der Waals surface area (Å²) in [5.41, 5.74) is 3.17. The van der Waals surface area contributed by atoms with Crippen LogP contribution in [0.4, 0.5) is 0 Å². The second-order valence-corrected chi connectivity index (χ2v) is 6.44. The molecule has 0 saturated heterocycles. The highest BCUT2D eigenvalue weighted by Crippen LogP contribution is 2.14. The second-order valence-electron chi connectivity index (χ2n) is 5.40. The quantitative estimate of drug-likeness (QED) is 0.713. The van der Waals surface area contributed by atoms with Crippen LogP contribution in [0.1, 0.15) is 26.4 Å². The highest BCUT2D eigenvalue weighted by molar-refractivity contribution is 7.09. The first-order valence-electron chi connectivity index (χ1n) is 7.75. The van der Waals surface area contributed by atoms with Gasteiger partial charge in [-0.1, -0.05) is 54.6 Å². The number of amides is 1. The Morgan fingerprint density at radius 1 is 0.870 bits per heavy atom. The second kappa shape index (κ2) is 7.75. The number of hydrogen-bond acceptors (Lipinski definition) is 2. The predicted octanol–water partition coefficient (Wildman–Crippen LogP) is 4.46. The van der Waals surface area contributed by atoms with Crippen molar-refractivity contribution in [3.63, 3.8) is 0 Å². The minimum atomic E-state index is 0.00191. The van der Waals surface area contributed by atoms with Crippen molar-refractivity contribution in [3.05, 3.63) is 93.7 Å². The number of carbonyl (C=O) groups is 1. The molecule has 23 heavy (non-hydrogen) atoms. The summed E-state index contributed by atoms with van der Waals surface area (Å²) in [4.78, 5) is 13.6. The molecule has 0 unspecified atom stereocenters. The normalized spacial score (nSPS) is 10.4. The predicted molar refractivity (Wildman–Crippen MR) is 95.8 cm³/mol. The van der Waals surface area contributed by atoms with Crippen LogP contribution in [-0.2, 0) is 19.4 Å². The Bertz CT molecular complexity index is 750. The maximum Gasteiger partial charge on any atom is 0.251 e. The van der Waals surface area contributed by atoms with Crippen LogP contribution in [0.25, 0.3) is 0 Å². The van der Waals surface area contributed by atoms with E-state index >= 15 is 0 Å². The zero-order chi connectivity index (χ0) is 15.9. The summed E-state index contributed by atoms with van der Waals surface area (Å²) < 4.78 is 0. The van der Waals surface area contributed by atoms with Gasteiger partial charge >= 0.3 is 0 Å². The molecule has 1 amide bonds. The van der Waals surface area contributed by atoms with Crippen LogP contribution in [0.2, 0.25) is 0 Å². The van der Waals surface area contributed by atoms with Crippen LogP contribution in [-0.4, -0.2) is 5.91 Å². The molecule has 0 bridgehead atoms. The molecule has 0 atom stereocenters. The first-order chi connectivity index (χ1) is 11.3. The molecule has 0 aliphatic heterocycles. The van der Waals surface area contributed by atoms with E-state index in [4.69, 9.17) is 0 Å². The lowest BCUT2D eigenvalue weighted by molar-refractivity contribution is 0.0950. The Morgan fingerprint density at radius 2 is 1.65 bits per heavy atom. The Kier molecular flexibility index (Phi) is 5.22. The van der Waals surface area contributed by atoms with E-state index in [1.807, 2.05) is 47.8 Å². The van der Waals surface area contributed by atoms with Gasteiger partial charge in [0.15, 0.2) is 0 Å². The Hall–Kier alpha value is -2.39. The summed E-state index contributed by atoms with van der Waals surface area (Å²) in [5.74, 6) is 0.00191. The average Bonchev–Trinajstić information content (AvgIpc) is 3.12. The molecule has 2 nitrogen and oxygen atoms in total. The van der Waals surface area contributed by atoms with Crippen LogP contribution < -0.4 is 5.32 Å². The molecule has 1 heterocycles. The summed E-state index contributed by atoms with van der Waals surface area (Å²) in [5, 5.41) is 5.03. The Balaban J connectivity index is 1.66. The van der Waals surface area contributed by atoms with Gasteiger partial charge in [0, 0.05) is 10.4 Å². The molecule has 0 spiro atoms. The summed E-state index contributed by atoms with van der Waals surface area (Å²) in [6.07, 6.45) is 1.81. The van der Waals surface area contributed by atoms with Gasteiger partial charge in [-0.15, -0.1) is 11.3 Å². The Morgan fingerprint density at radius 3 is 2.43 bits per heavy atom. The minimum Gasteiger partial charge on any atom is -0.347 e. The number of rotatable bonds is 6. The highest BCUT2D eigenvalue weighted by atomic mass is 32.1. The third-order valence-corrected chi connectivity index (χ3v) is 4.67. The number of carbonyl (C=O) groups excluding carboxylic acids is 1. The van der Waals surface area contributed by atoms with Crippen molar-refractivity contribution in [1.29, 1.82) is 0 Å². The largest absolute Gasteiger partial charge is 0.347 e. The van der Waals surface area contributed by atoms with Crippen LogP contribution in [0.3, 0.4) is 0 Å². The van der Waals surface area contributed by atoms with E-state index in [1.165, 1.54) is 10.4 Å². The fraction of sp³-hybridized carbons (Fsp3) is 0.150. The molecule has 3 aromatic rings. The molecule has 3 rings (SSSR count). The van der Waals surface area contributed by atoms with E-state index in [2.05, 4.69) is 29.6 Å². The smallest absolute Gasteiger partial charge is 0.251 e. The van der Waals surface area contributed by atoms with E-state index in [0.29, 0.717) is 6.54 Å². The van der Waals surface area contributed by atoms with Crippen molar-refractivity contribution in [2.45, 2.75) is 19.4 Å². The van der Waals surface area contributed by atoms with Crippen molar-refractivity contribution in [1.82, 2.24) is 5.32 Å². The maximum atomic E-state index is 12.5. The number of aryl methyl sites for hydroxylation is 2. The van der Waals surface area contributed by atoms with Crippen LogP contribution in [0, 0.1) is 0 Å². The molecular formula is C20H19NOS. The molecule has 1 aromatic heterocycles.